The van der Waals surface area contributed by atoms with Crippen LogP contribution in [0, 0.1) is 6.92 Å². The Hall–Kier alpha value is -1.43. The largest absolute Gasteiger partial charge is 0.344 e. The molecule has 1 unspecified atom stereocenters. The minimum atomic E-state index is 0.471. The molecule has 0 radical (unpaired) electrons. The molecule has 1 saturated heterocycles. The zero-order valence-electron chi connectivity index (χ0n) is 9.08. The minimum absolute atomic E-state index is 0.471. The van der Waals surface area contributed by atoms with E-state index in [0.29, 0.717) is 6.04 Å². The topological polar surface area (TPSA) is 46.8 Å². The molecule has 0 spiro atoms. The van der Waals surface area contributed by atoms with Gasteiger partial charge in [0.2, 0.25) is 5.13 Å². The Morgan fingerprint density at radius 1 is 1.44 bits per heavy atom. The summed E-state index contributed by atoms with van der Waals surface area (Å²) in [5, 5.41) is 14.6. The van der Waals surface area contributed by atoms with Crippen LogP contribution in [0.25, 0.3) is 0 Å². The maximum absolute atomic E-state index is 4.29. The van der Waals surface area contributed by atoms with Crippen LogP contribution in [0.15, 0.2) is 18.5 Å². The second-order valence-corrected chi connectivity index (χ2v) is 5.14. The number of hydrogen-bond donors (Lipinski definition) is 0. The van der Waals surface area contributed by atoms with E-state index in [0.717, 1.165) is 29.6 Å². The van der Waals surface area contributed by atoms with E-state index < -0.39 is 0 Å². The van der Waals surface area contributed by atoms with Crippen LogP contribution in [0.5, 0.6) is 0 Å². The molecule has 2 aromatic heterocycles. The summed E-state index contributed by atoms with van der Waals surface area (Å²) in [6.45, 7) is 4.01. The number of hydrogen-bond acceptors (Lipinski definition) is 5. The van der Waals surface area contributed by atoms with Crippen molar-refractivity contribution in [2.75, 3.05) is 18.0 Å². The molecule has 1 fully saturated rings. The van der Waals surface area contributed by atoms with Gasteiger partial charge in [0.15, 0.2) is 0 Å². The molecule has 0 aromatic carbocycles. The van der Waals surface area contributed by atoms with Crippen molar-refractivity contribution in [1.29, 1.82) is 0 Å². The van der Waals surface area contributed by atoms with Gasteiger partial charge in [0, 0.05) is 25.5 Å². The fourth-order valence-corrected chi connectivity index (χ4v) is 2.76. The van der Waals surface area contributed by atoms with E-state index in [9.17, 15) is 0 Å². The number of anilines is 1. The third-order valence-electron chi connectivity index (χ3n) is 2.85. The highest BCUT2D eigenvalue weighted by Gasteiger charge is 2.26. The zero-order valence-corrected chi connectivity index (χ0v) is 9.89. The monoisotopic (exact) mass is 235 g/mol. The van der Waals surface area contributed by atoms with Crippen LogP contribution in [-0.4, -0.2) is 33.1 Å². The van der Waals surface area contributed by atoms with E-state index in [2.05, 4.69) is 20.2 Å². The van der Waals surface area contributed by atoms with Crippen molar-refractivity contribution in [1.82, 2.24) is 20.0 Å². The van der Waals surface area contributed by atoms with E-state index in [1.807, 2.05) is 30.1 Å². The van der Waals surface area contributed by atoms with Crippen molar-refractivity contribution >= 4 is 16.5 Å². The molecule has 1 atom stereocenters. The molecule has 5 nitrogen and oxygen atoms in total. The van der Waals surface area contributed by atoms with E-state index in [4.69, 9.17) is 0 Å². The lowest BCUT2D eigenvalue weighted by molar-refractivity contribution is 0.494. The highest BCUT2D eigenvalue weighted by molar-refractivity contribution is 7.15. The molecule has 0 saturated carbocycles. The molecule has 6 heteroatoms. The average molecular weight is 235 g/mol. The first kappa shape index (κ1) is 9.77. The third-order valence-corrected chi connectivity index (χ3v) is 3.75. The van der Waals surface area contributed by atoms with Gasteiger partial charge in [-0.05, 0) is 19.4 Å². The molecule has 3 heterocycles. The van der Waals surface area contributed by atoms with Crippen molar-refractivity contribution in [3.63, 3.8) is 0 Å². The normalized spacial score (nSPS) is 20.6. The summed E-state index contributed by atoms with van der Waals surface area (Å²) in [6.07, 6.45) is 4.98. The second-order valence-electron chi connectivity index (χ2n) is 3.98. The molecule has 16 heavy (non-hydrogen) atoms. The van der Waals surface area contributed by atoms with E-state index in [1.165, 1.54) is 0 Å². The predicted molar refractivity (Wildman–Crippen MR) is 62.7 cm³/mol. The lowest BCUT2D eigenvalue weighted by atomic mass is 10.3. The van der Waals surface area contributed by atoms with E-state index in [-0.39, 0.29) is 0 Å². The lowest BCUT2D eigenvalue weighted by Crippen LogP contribution is -2.20. The van der Waals surface area contributed by atoms with Gasteiger partial charge in [-0.15, -0.1) is 10.2 Å². The Labute approximate surface area is 97.7 Å². The summed E-state index contributed by atoms with van der Waals surface area (Å²) < 4.78 is 2.04. The van der Waals surface area contributed by atoms with E-state index in [1.54, 1.807) is 11.3 Å². The van der Waals surface area contributed by atoms with Crippen LogP contribution in [0.4, 0.5) is 5.13 Å². The third kappa shape index (κ3) is 1.69. The number of nitrogens with zero attached hydrogens (tertiary/aromatic N) is 5. The molecule has 2 aromatic rings. The van der Waals surface area contributed by atoms with Gasteiger partial charge in [0.25, 0.3) is 0 Å². The summed E-state index contributed by atoms with van der Waals surface area (Å²) in [6, 6.07) is 2.44. The van der Waals surface area contributed by atoms with Crippen LogP contribution in [0.3, 0.4) is 0 Å². The second kappa shape index (κ2) is 3.86. The highest BCUT2D eigenvalue weighted by Crippen LogP contribution is 2.28. The SMILES string of the molecule is Cc1nnc(N2CCC(n3cccn3)C2)s1. The van der Waals surface area contributed by atoms with Crippen molar-refractivity contribution < 1.29 is 0 Å². The smallest absolute Gasteiger partial charge is 0.208 e. The summed E-state index contributed by atoms with van der Waals surface area (Å²) in [4.78, 5) is 2.29. The standard InChI is InChI=1S/C10H13N5S/c1-8-12-13-10(16-8)14-6-3-9(7-14)15-5-2-4-11-15/h2,4-5,9H,3,6-7H2,1H3. The Bertz CT molecular complexity index is 463. The first-order valence-electron chi connectivity index (χ1n) is 5.37. The highest BCUT2D eigenvalue weighted by atomic mass is 32.1. The number of rotatable bonds is 2. The molecule has 0 amide bonds. The Morgan fingerprint density at radius 2 is 2.38 bits per heavy atom. The predicted octanol–water partition coefficient (Wildman–Crippen LogP) is 1.49. The van der Waals surface area contributed by atoms with Crippen LogP contribution in [0.2, 0.25) is 0 Å². The van der Waals surface area contributed by atoms with Gasteiger partial charge in [0.05, 0.1) is 6.04 Å². The minimum Gasteiger partial charge on any atom is -0.344 e. The molecule has 3 rings (SSSR count). The van der Waals surface area contributed by atoms with Crippen LogP contribution in [-0.2, 0) is 0 Å². The lowest BCUT2D eigenvalue weighted by Gasteiger charge is -2.14. The first-order valence-corrected chi connectivity index (χ1v) is 6.19. The number of aromatic nitrogens is 4. The fourth-order valence-electron chi connectivity index (χ4n) is 2.04. The fraction of sp³-hybridized carbons (Fsp3) is 0.500. The summed E-state index contributed by atoms with van der Waals surface area (Å²) in [5.74, 6) is 0. The van der Waals surface area contributed by atoms with Crippen LogP contribution >= 0.6 is 11.3 Å². The summed E-state index contributed by atoms with van der Waals surface area (Å²) in [7, 11) is 0. The molecule has 0 N–H and O–H groups in total. The van der Waals surface area contributed by atoms with Gasteiger partial charge in [-0.1, -0.05) is 11.3 Å². The zero-order chi connectivity index (χ0) is 11.0. The van der Waals surface area contributed by atoms with Gasteiger partial charge in [-0.3, -0.25) is 4.68 Å². The molecule has 0 aliphatic carbocycles. The van der Waals surface area contributed by atoms with E-state index >= 15 is 0 Å². The van der Waals surface area contributed by atoms with Gasteiger partial charge >= 0.3 is 0 Å². The quantitative estimate of drug-likeness (QED) is 0.791. The first-order chi connectivity index (χ1) is 7.83. The van der Waals surface area contributed by atoms with Gasteiger partial charge in [0.1, 0.15) is 5.01 Å². The molecule has 1 aliphatic heterocycles. The van der Waals surface area contributed by atoms with Crippen molar-refractivity contribution in [2.24, 2.45) is 0 Å². The Kier molecular flexibility index (Phi) is 2.36. The molecular weight excluding hydrogens is 222 g/mol. The van der Waals surface area contributed by atoms with Crippen molar-refractivity contribution in [3.05, 3.63) is 23.5 Å². The van der Waals surface area contributed by atoms with Crippen LogP contribution in [0.1, 0.15) is 17.5 Å². The van der Waals surface area contributed by atoms with Crippen molar-refractivity contribution in [2.45, 2.75) is 19.4 Å². The maximum atomic E-state index is 4.29. The maximum Gasteiger partial charge on any atom is 0.208 e. The number of aryl methyl sites for hydroxylation is 1. The van der Waals surface area contributed by atoms with Gasteiger partial charge in [-0.2, -0.15) is 5.10 Å². The van der Waals surface area contributed by atoms with Gasteiger partial charge in [-0.25, -0.2) is 0 Å². The summed E-state index contributed by atoms with van der Waals surface area (Å²) >= 11 is 1.66. The molecular formula is C10H13N5S. The molecule has 0 bridgehead atoms. The van der Waals surface area contributed by atoms with Gasteiger partial charge < -0.3 is 4.90 Å². The molecule has 1 aliphatic rings. The average Bonchev–Trinajstić information content (AvgIpc) is 2.97. The van der Waals surface area contributed by atoms with Crippen molar-refractivity contribution in [3.8, 4) is 0 Å². The Morgan fingerprint density at radius 3 is 3.06 bits per heavy atom. The summed E-state index contributed by atoms with van der Waals surface area (Å²) in [5.41, 5.74) is 0. The van der Waals surface area contributed by atoms with Crippen LogP contribution < -0.4 is 4.90 Å². The Balaban J connectivity index is 1.74. The molecule has 84 valence electrons.